The molecule has 0 bridgehead atoms. The molecule has 1 aromatic carbocycles. The van der Waals surface area contributed by atoms with Crippen LogP contribution in [0.2, 0.25) is 5.02 Å². The lowest BCUT2D eigenvalue weighted by Crippen LogP contribution is -2.36. The van der Waals surface area contributed by atoms with Gasteiger partial charge in [-0.05, 0) is 45.7 Å². The molecule has 1 amide bonds. The van der Waals surface area contributed by atoms with Gasteiger partial charge in [0.15, 0.2) is 6.29 Å². The zero-order chi connectivity index (χ0) is 18.9. The van der Waals surface area contributed by atoms with E-state index in [1.165, 1.54) is 0 Å². The number of nitrogens with one attached hydrogen (secondary N) is 1. The number of carbonyl (C=O) groups excluding carboxylic acids is 2. The van der Waals surface area contributed by atoms with E-state index in [2.05, 4.69) is 9.97 Å². The minimum Gasteiger partial charge on any atom is -0.444 e. The Bertz CT molecular complexity index is 826. The first-order valence-corrected chi connectivity index (χ1v) is 8.96. The zero-order valence-corrected chi connectivity index (χ0v) is 15.8. The maximum atomic E-state index is 12.5. The molecule has 0 saturated carbocycles. The molecule has 1 aromatic heterocycles. The summed E-state index contributed by atoms with van der Waals surface area (Å²) in [6.45, 7) is 6.18. The van der Waals surface area contributed by atoms with Crippen LogP contribution in [0.4, 0.5) is 4.79 Å². The van der Waals surface area contributed by atoms with Crippen molar-refractivity contribution >= 4 is 24.0 Å². The van der Waals surface area contributed by atoms with Gasteiger partial charge in [0.1, 0.15) is 11.4 Å². The molecule has 0 radical (unpaired) electrons. The summed E-state index contributed by atoms with van der Waals surface area (Å²) >= 11 is 5.96. The third-order valence-corrected chi connectivity index (χ3v) is 4.46. The SMILES string of the molecule is CC(C)(C)OC(=O)N1CCCC1c1ncc(-c2ccc(Cl)cc2C=O)[nH]1. The van der Waals surface area contributed by atoms with E-state index in [9.17, 15) is 9.59 Å². The molecule has 1 aliphatic rings. The molecular weight excluding hydrogens is 354 g/mol. The number of ether oxygens (including phenoxy) is 1. The van der Waals surface area contributed by atoms with Crippen molar-refractivity contribution < 1.29 is 14.3 Å². The number of amides is 1. The predicted molar refractivity (Wildman–Crippen MR) is 99.3 cm³/mol. The minimum atomic E-state index is -0.541. The van der Waals surface area contributed by atoms with Crippen molar-refractivity contribution in [2.24, 2.45) is 0 Å². The quantitative estimate of drug-likeness (QED) is 0.794. The van der Waals surface area contributed by atoms with Gasteiger partial charge in [0.25, 0.3) is 0 Å². The van der Waals surface area contributed by atoms with Gasteiger partial charge in [0.2, 0.25) is 0 Å². The fraction of sp³-hybridized carbons (Fsp3) is 0.421. The van der Waals surface area contributed by atoms with Crippen LogP contribution in [-0.4, -0.2) is 39.4 Å². The number of aromatic amines is 1. The Morgan fingerprint density at radius 3 is 2.88 bits per heavy atom. The molecule has 1 atom stereocenters. The van der Waals surface area contributed by atoms with Crippen LogP contribution in [0.3, 0.4) is 0 Å². The lowest BCUT2D eigenvalue weighted by molar-refractivity contribution is 0.0218. The molecule has 0 aliphatic carbocycles. The predicted octanol–water partition coefficient (Wildman–Crippen LogP) is 4.61. The second-order valence-corrected chi connectivity index (χ2v) is 7.80. The van der Waals surface area contributed by atoms with Crippen molar-refractivity contribution in [2.75, 3.05) is 6.54 Å². The van der Waals surface area contributed by atoms with Crippen LogP contribution in [0.15, 0.2) is 24.4 Å². The van der Waals surface area contributed by atoms with Crippen molar-refractivity contribution in [3.05, 3.63) is 40.8 Å². The topological polar surface area (TPSA) is 75.3 Å². The molecule has 26 heavy (non-hydrogen) atoms. The van der Waals surface area contributed by atoms with E-state index < -0.39 is 5.60 Å². The van der Waals surface area contributed by atoms with Crippen LogP contribution in [-0.2, 0) is 4.74 Å². The summed E-state index contributed by atoms with van der Waals surface area (Å²) in [5.74, 6) is 0.690. The summed E-state index contributed by atoms with van der Waals surface area (Å²) in [7, 11) is 0. The number of benzene rings is 1. The molecule has 1 saturated heterocycles. The minimum absolute atomic E-state index is 0.161. The van der Waals surface area contributed by atoms with Gasteiger partial charge in [0, 0.05) is 22.7 Å². The summed E-state index contributed by atoms with van der Waals surface area (Å²) in [5.41, 5.74) is 1.39. The van der Waals surface area contributed by atoms with Crippen molar-refractivity contribution in [1.29, 1.82) is 0 Å². The van der Waals surface area contributed by atoms with Gasteiger partial charge in [-0.3, -0.25) is 9.69 Å². The van der Waals surface area contributed by atoms with E-state index in [1.807, 2.05) is 20.8 Å². The second-order valence-electron chi connectivity index (χ2n) is 7.36. The van der Waals surface area contributed by atoms with Crippen molar-refractivity contribution in [3.8, 4) is 11.3 Å². The number of aldehydes is 1. The molecule has 3 rings (SSSR count). The number of aromatic nitrogens is 2. The average molecular weight is 376 g/mol. The van der Waals surface area contributed by atoms with E-state index in [0.29, 0.717) is 23.0 Å². The Balaban J connectivity index is 1.85. The first kappa shape index (κ1) is 18.5. The summed E-state index contributed by atoms with van der Waals surface area (Å²) in [6, 6.07) is 4.97. The number of H-pyrrole nitrogens is 1. The Kier molecular flexibility index (Phi) is 5.05. The van der Waals surface area contributed by atoms with Gasteiger partial charge in [-0.1, -0.05) is 17.7 Å². The Morgan fingerprint density at radius 2 is 2.19 bits per heavy atom. The van der Waals surface area contributed by atoms with Crippen LogP contribution >= 0.6 is 11.6 Å². The van der Waals surface area contributed by atoms with Crippen LogP contribution in [0.1, 0.15) is 55.8 Å². The van der Waals surface area contributed by atoms with Crippen molar-refractivity contribution in [1.82, 2.24) is 14.9 Å². The van der Waals surface area contributed by atoms with Gasteiger partial charge >= 0.3 is 6.09 Å². The molecule has 2 heterocycles. The summed E-state index contributed by atoms with van der Waals surface area (Å²) in [4.78, 5) is 33.2. The number of carbonyl (C=O) groups is 2. The molecule has 1 N–H and O–H groups in total. The fourth-order valence-electron chi connectivity index (χ4n) is 3.11. The van der Waals surface area contributed by atoms with Crippen molar-refractivity contribution in [3.63, 3.8) is 0 Å². The highest BCUT2D eigenvalue weighted by atomic mass is 35.5. The monoisotopic (exact) mass is 375 g/mol. The maximum Gasteiger partial charge on any atom is 0.410 e. The molecule has 1 aliphatic heterocycles. The molecular formula is C19H22ClN3O3. The van der Waals surface area contributed by atoms with Crippen LogP contribution < -0.4 is 0 Å². The highest BCUT2D eigenvalue weighted by Gasteiger charge is 2.34. The Labute approximate surface area is 157 Å². The Hall–Kier alpha value is -2.34. The number of likely N-dealkylation sites (tertiary alicyclic amines) is 1. The van der Waals surface area contributed by atoms with E-state index in [-0.39, 0.29) is 12.1 Å². The molecule has 7 heteroatoms. The fourth-order valence-corrected chi connectivity index (χ4v) is 3.29. The van der Waals surface area contributed by atoms with E-state index in [1.54, 1.807) is 29.3 Å². The summed E-state index contributed by atoms with van der Waals surface area (Å²) in [6.07, 6.45) is 3.81. The number of hydrogen-bond donors (Lipinski definition) is 1. The number of nitrogens with zero attached hydrogens (tertiary/aromatic N) is 2. The molecule has 2 aromatic rings. The smallest absolute Gasteiger partial charge is 0.410 e. The molecule has 1 fully saturated rings. The van der Waals surface area contributed by atoms with Crippen molar-refractivity contribution in [2.45, 2.75) is 45.3 Å². The average Bonchev–Trinajstić information content (AvgIpc) is 3.21. The van der Waals surface area contributed by atoms with E-state index >= 15 is 0 Å². The van der Waals surface area contributed by atoms with Crippen LogP contribution in [0, 0.1) is 0 Å². The largest absolute Gasteiger partial charge is 0.444 e. The van der Waals surface area contributed by atoms with Gasteiger partial charge < -0.3 is 9.72 Å². The molecule has 1 unspecified atom stereocenters. The number of hydrogen-bond acceptors (Lipinski definition) is 4. The first-order valence-electron chi connectivity index (χ1n) is 8.58. The third-order valence-electron chi connectivity index (χ3n) is 4.22. The zero-order valence-electron chi connectivity index (χ0n) is 15.1. The summed E-state index contributed by atoms with van der Waals surface area (Å²) in [5, 5.41) is 0.502. The first-order chi connectivity index (χ1) is 12.3. The molecule has 6 nitrogen and oxygen atoms in total. The standard InChI is InChI=1S/C19H22ClN3O3/c1-19(2,3)26-18(25)23-8-4-5-16(23)17-21-10-15(22-17)14-7-6-13(20)9-12(14)11-24/h6-7,9-11,16H,4-5,8H2,1-3H3,(H,21,22). The number of rotatable bonds is 3. The summed E-state index contributed by atoms with van der Waals surface area (Å²) < 4.78 is 5.50. The van der Waals surface area contributed by atoms with Gasteiger partial charge in [-0.2, -0.15) is 0 Å². The molecule has 138 valence electrons. The third kappa shape index (κ3) is 3.90. The number of imidazole rings is 1. The lowest BCUT2D eigenvalue weighted by Gasteiger charge is -2.27. The Morgan fingerprint density at radius 1 is 1.42 bits per heavy atom. The lowest BCUT2D eigenvalue weighted by atomic mass is 10.1. The highest BCUT2D eigenvalue weighted by Crippen LogP contribution is 2.33. The molecule has 0 spiro atoms. The van der Waals surface area contributed by atoms with Crippen LogP contribution in [0.25, 0.3) is 11.3 Å². The van der Waals surface area contributed by atoms with Gasteiger partial charge in [-0.25, -0.2) is 9.78 Å². The van der Waals surface area contributed by atoms with Gasteiger partial charge in [0.05, 0.1) is 17.9 Å². The van der Waals surface area contributed by atoms with E-state index in [4.69, 9.17) is 16.3 Å². The number of halogens is 1. The van der Waals surface area contributed by atoms with Crippen LogP contribution in [0.5, 0.6) is 0 Å². The van der Waals surface area contributed by atoms with E-state index in [0.717, 1.165) is 30.4 Å². The normalized spacial score (nSPS) is 17.4. The highest BCUT2D eigenvalue weighted by molar-refractivity contribution is 6.31. The van der Waals surface area contributed by atoms with Gasteiger partial charge in [-0.15, -0.1) is 0 Å². The maximum absolute atomic E-state index is 12.5. The second kappa shape index (κ2) is 7.11.